The van der Waals surface area contributed by atoms with Gasteiger partial charge in [-0.3, -0.25) is 0 Å². The summed E-state index contributed by atoms with van der Waals surface area (Å²) in [4.78, 5) is 0.159. The second kappa shape index (κ2) is 8.34. The van der Waals surface area contributed by atoms with Crippen LogP contribution in [0.4, 0.5) is 0 Å². The normalized spacial score (nSPS) is 19.0. The smallest absolute Gasteiger partial charge is 0.242 e. The zero-order valence-electron chi connectivity index (χ0n) is 12.1. The molecule has 0 amide bonds. The number of rotatable bonds is 5. The molecule has 0 bridgehead atoms. The summed E-state index contributed by atoms with van der Waals surface area (Å²) in [5.41, 5.74) is 0.947. The number of sulfonamides is 1. The highest BCUT2D eigenvalue weighted by Gasteiger charge is 2.19. The van der Waals surface area contributed by atoms with E-state index in [1.54, 1.807) is 18.2 Å². The summed E-state index contributed by atoms with van der Waals surface area (Å²) in [6.07, 6.45) is 3.19. The van der Waals surface area contributed by atoms with E-state index in [0.717, 1.165) is 25.1 Å². The lowest BCUT2D eigenvalue weighted by atomic mass is 9.96. The highest BCUT2D eigenvalue weighted by molar-refractivity contribution is 7.89. The van der Waals surface area contributed by atoms with Gasteiger partial charge in [0.15, 0.2) is 0 Å². The highest BCUT2D eigenvalue weighted by Crippen LogP contribution is 2.22. The molecule has 1 unspecified atom stereocenters. The number of halogens is 2. The molecule has 1 atom stereocenters. The molecule has 0 spiro atoms. The molecule has 1 aliphatic rings. The second-order valence-electron chi connectivity index (χ2n) is 5.33. The minimum Gasteiger partial charge on any atom is -0.316 e. The summed E-state index contributed by atoms with van der Waals surface area (Å²) in [6.45, 7) is 4.39. The molecule has 1 aliphatic heterocycles. The Bertz CT molecular complexity index is 558. The number of hydrogen-bond acceptors (Lipinski definition) is 3. The number of nitrogens with one attached hydrogen (secondary N) is 2. The number of hydrogen-bond donors (Lipinski definition) is 2. The fourth-order valence-electron chi connectivity index (χ4n) is 2.47. The Balaban J connectivity index is 0.00000220. The van der Waals surface area contributed by atoms with E-state index in [1.165, 1.54) is 12.8 Å². The molecule has 0 aromatic heterocycles. The van der Waals surface area contributed by atoms with Gasteiger partial charge < -0.3 is 5.32 Å². The maximum atomic E-state index is 12.2. The molecule has 2 N–H and O–H groups in total. The Hall–Kier alpha value is -0.330. The molecule has 21 heavy (non-hydrogen) atoms. The summed E-state index contributed by atoms with van der Waals surface area (Å²) in [7, 11) is -3.51. The molecule has 4 nitrogen and oxygen atoms in total. The molecule has 120 valence electrons. The Labute approximate surface area is 138 Å². The van der Waals surface area contributed by atoms with E-state index in [1.807, 2.05) is 6.92 Å². The van der Waals surface area contributed by atoms with E-state index >= 15 is 0 Å². The first kappa shape index (κ1) is 18.7. The van der Waals surface area contributed by atoms with E-state index in [-0.39, 0.29) is 22.3 Å². The van der Waals surface area contributed by atoms with Crippen LogP contribution in [0.3, 0.4) is 0 Å². The first-order chi connectivity index (χ1) is 9.49. The third-order valence-corrected chi connectivity index (χ3v) is 5.56. The minimum absolute atomic E-state index is 0. The molecule has 1 aromatic rings. The molecular weight excluding hydrogens is 331 g/mol. The molecule has 7 heteroatoms. The average Bonchev–Trinajstić information content (AvgIpc) is 2.39. The standard InChI is InChI=1S/C14H21ClN2O2S.ClH/c1-11-4-5-14(13(15)9-11)20(18,19)17-8-6-12-3-2-7-16-10-12;/h4-5,9,12,16-17H,2-3,6-8,10H2,1H3;1H. The third kappa shape index (κ3) is 5.42. The van der Waals surface area contributed by atoms with Gasteiger partial charge >= 0.3 is 0 Å². The minimum atomic E-state index is -3.51. The molecule has 0 aliphatic carbocycles. The van der Waals surface area contributed by atoms with E-state index in [9.17, 15) is 8.42 Å². The SMILES string of the molecule is Cc1ccc(S(=O)(=O)NCCC2CCCNC2)c(Cl)c1.Cl. The van der Waals surface area contributed by atoms with Crippen LogP contribution in [0.5, 0.6) is 0 Å². The topological polar surface area (TPSA) is 58.2 Å². The lowest BCUT2D eigenvalue weighted by molar-refractivity contribution is 0.358. The monoisotopic (exact) mass is 352 g/mol. The molecule has 1 heterocycles. The molecule has 2 rings (SSSR count). The van der Waals surface area contributed by atoms with Crippen LogP contribution in [0, 0.1) is 12.8 Å². The van der Waals surface area contributed by atoms with Gasteiger partial charge in [0.25, 0.3) is 0 Å². The Morgan fingerprint density at radius 1 is 1.43 bits per heavy atom. The zero-order valence-corrected chi connectivity index (χ0v) is 14.5. The van der Waals surface area contributed by atoms with Crippen LogP contribution in [0.1, 0.15) is 24.8 Å². The van der Waals surface area contributed by atoms with Gasteiger partial charge in [0.05, 0.1) is 5.02 Å². The van der Waals surface area contributed by atoms with Gasteiger partial charge in [0.2, 0.25) is 10.0 Å². The number of benzene rings is 1. The van der Waals surface area contributed by atoms with Crippen molar-refractivity contribution in [3.8, 4) is 0 Å². The fraction of sp³-hybridized carbons (Fsp3) is 0.571. The van der Waals surface area contributed by atoms with Crippen LogP contribution < -0.4 is 10.0 Å². The Morgan fingerprint density at radius 3 is 2.81 bits per heavy atom. The number of aryl methyl sites for hydroxylation is 1. The van der Waals surface area contributed by atoms with Crippen molar-refractivity contribution in [3.05, 3.63) is 28.8 Å². The van der Waals surface area contributed by atoms with Crippen LogP contribution in [0.15, 0.2) is 23.1 Å². The van der Waals surface area contributed by atoms with Gasteiger partial charge in [-0.05, 0) is 62.9 Å². The molecule has 1 saturated heterocycles. The van der Waals surface area contributed by atoms with Crippen LogP contribution in [0.25, 0.3) is 0 Å². The quantitative estimate of drug-likeness (QED) is 0.856. The van der Waals surface area contributed by atoms with E-state index in [0.29, 0.717) is 12.5 Å². The van der Waals surface area contributed by atoms with Crippen molar-refractivity contribution in [1.82, 2.24) is 10.0 Å². The molecule has 1 fully saturated rings. The summed E-state index contributed by atoms with van der Waals surface area (Å²) in [6, 6.07) is 4.98. The summed E-state index contributed by atoms with van der Waals surface area (Å²) < 4.78 is 27.0. The van der Waals surface area contributed by atoms with Crippen molar-refractivity contribution in [1.29, 1.82) is 0 Å². The second-order valence-corrected chi connectivity index (χ2v) is 7.48. The average molecular weight is 353 g/mol. The maximum Gasteiger partial charge on any atom is 0.242 e. The molecule has 1 aromatic carbocycles. The van der Waals surface area contributed by atoms with Crippen molar-refractivity contribution in [2.75, 3.05) is 19.6 Å². The van der Waals surface area contributed by atoms with Crippen LogP contribution in [0.2, 0.25) is 5.02 Å². The molecule has 0 saturated carbocycles. The van der Waals surface area contributed by atoms with Crippen LogP contribution >= 0.6 is 24.0 Å². The van der Waals surface area contributed by atoms with Crippen molar-refractivity contribution >= 4 is 34.0 Å². The van der Waals surface area contributed by atoms with Gasteiger partial charge in [-0.2, -0.15) is 0 Å². The van der Waals surface area contributed by atoms with E-state index in [4.69, 9.17) is 11.6 Å². The van der Waals surface area contributed by atoms with E-state index < -0.39 is 10.0 Å². The lowest BCUT2D eigenvalue weighted by Gasteiger charge is -2.22. The van der Waals surface area contributed by atoms with Gasteiger partial charge in [-0.25, -0.2) is 13.1 Å². The number of piperidine rings is 1. The predicted molar refractivity (Wildman–Crippen MR) is 88.8 cm³/mol. The maximum absolute atomic E-state index is 12.2. The van der Waals surface area contributed by atoms with Crippen molar-refractivity contribution in [2.24, 2.45) is 5.92 Å². The largest absolute Gasteiger partial charge is 0.316 e. The van der Waals surface area contributed by atoms with Crippen molar-refractivity contribution < 1.29 is 8.42 Å². The van der Waals surface area contributed by atoms with Gasteiger partial charge in [0, 0.05) is 6.54 Å². The van der Waals surface area contributed by atoms with E-state index in [2.05, 4.69) is 10.0 Å². The third-order valence-electron chi connectivity index (χ3n) is 3.62. The Kier molecular flexibility index (Phi) is 7.44. The van der Waals surface area contributed by atoms with Crippen LogP contribution in [-0.4, -0.2) is 28.1 Å². The first-order valence-corrected chi connectivity index (χ1v) is 8.82. The fourth-order valence-corrected chi connectivity index (χ4v) is 4.11. The van der Waals surface area contributed by atoms with Crippen molar-refractivity contribution in [2.45, 2.75) is 31.1 Å². The van der Waals surface area contributed by atoms with Gasteiger partial charge in [0.1, 0.15) is 4.90 Å². The summed E-state index contributed by atoms with van der Waals surface area (Å²) >= 11 is 6.01. The van der Waals surface area contributed by atoms with Crippen LogP contribution in [-0.2, 0) is 10.0 Å². The summed E-state index contributed by atoms with van der Waals surface area (Å²) in [5, 5.41) is 3.61. The summed E-state index contributed by atoms with van der Waals surface area (Å²) in [5.74, 6) is 0.555. The molecular formula is C14H22Cl2N2O2S. The predicted octanol–water partition coefficient (Wildman–Crippen LogP) is 2.74. The van der Waals surface area contributed by atoms with Gasteiger partial charge in [-0.15, -0.1) is 12.4 Å². The molecule has 0 radical (unpaired) electrons. The lowest BCUT2D eigenvalue weighted by Crippen LogP contribution is -2.33. The van der Waals surface area contributed by atoms with Gasteiger partial charge in [-0.1, -0.05) is 17.7 Å². The highest BCUT2D eigenvalue weighted by atomic mass is 35.5. The van der Waals surface area contributed by atoms with Crippen molar-refractivity contribution in [3.63, 3.8) is 0 Å². The zero-order chi connectivity index (χ0) is 14.6. The Morgan fingerprint density at radius 2 is 2.19 bits per heavy atom. The first-order valence-electron chi connectivity index (χ1n) is 6.95.